The van der Waals surface area contributed by atoms with Gasteiger partial charge in [-0.3, -0.25) is 0 Å². The number of ether oxygens (including phenoxy) is 1. The highest BCUT2D eigenvalue weighted by atomic mass is 16.5. The zero-order valence-corrected chi connectivity index (χ0v) is 13.5. The van der Waals surface area contributed by atoms with Crippen molar-refractivity contribution in [1.29, 1.82) is 0 Å². The van der Waals surface area contributed by atoms with E-state index in [1.807, 2.05) is 48.7 Å². The van der Waals surface area contributed by atoms with Crippen LogP contribution >= 0.6 is 0 Å². The number of alkyl carbamates (subject to hydrolysis) is 1. The number of carbonyl (C=O) groups is 1. The number of nitrogens with zero attached hydrogens (tertiary/aromatic N) is 1. The van der Waals surface area contributed by atoms with Gasteiger partial charge in [-0.15, -0.1) is 0 Å². The number of pyridine rings is 1. The van der Waals surface area contributed by atoms with Crippen molar-refractivity contribution in [2.45, 2.75) is 19.4 Å². The fraction of sp³-hybridized carbons (Fsp3) is 0.263. The molecule has 0 aliphatic carbocycles. The number of aromatic nitrogens is 1. The molecule has 0 fully saturated rings. The lowest BCUT2D eigenvalue weighted by atomic mass is 10.1. The molecule has 1 amide bonds. The minimum atomic E-state index is -0.391. The number of rotatable bonds is 6. The van der Waals surface area contributed by atoms with Gasteiger partial charge in [-0.05, 0) is 35.6 Å². The van der Waals surface area contributed by atoms with Crippen LogP contribution < -0.4 is 10.6 Å². The van der Waals surface area contributed by atoms with Crippen molar-refractivity contribution in [1.82, 2.24) is 10.3 Å². The van der Waals surface area contributed by atoms with Crippen molar-refractivity contribution in [3.63, 3.8) is 0 Å². The van der Waals surface area contributed by atoms with Crippen LogP contribution in [0, 0.1) is 0 Å². The molecular weight excluding hydrogens is 302 g/mol. The average Bonchev–Trinajstić information content (AvgIpc) is 3.08. The van der Waals surface area contributed by atoms with Gasteiger partial charge in [0.2, 0.25) is 0 Å². The maximum absolute atomic E-state index is 11.6. The zero-order valence-electron chi connectivity index (χ0n) is 13.5. The minimum absolute atomic E-state index is 0.289. The van der Waals surface area contributed by atoms with E-state index in [-0.39, 0.29) is 6.61 Å². The zero-order chi connectivity index (χ0) is 16.6. The Kier molecular flexibility index (Phi) is 5.45. The molecule has 1 aliphatic rings. The lowest BCUT2D eigenvalue weighted by Gasteiger charge is -2.05. The number of benzene rings is 1. The van der Waals surface area contributed by atoms with Gasteiger partial charge in [-0.25, -0.2) is 9.78 Å². The summed E-state index contributed by atoms with van der Waals surface area (Å²) < 4.78 is 5.15. The third kappa shape index (κ3) is 4.59. The Morgan fingerprint density at radius 1 is 1.33 bits per heavy atom. The molecule has 0 unspecified atom stereocenters. The summed E-state index contributed by atoms with van der Waals surface area (Å²) in [5.41, 5.74) is 3.33. The number of fused-ring (bicyclic) bond motifs is 1. The number of hydrogen-bond acceptors (Lipinski definition) is 4. The molecule has 0 saturated heterocycles. The largest absolute Gasteiger partial charge is 0.445 e. The van der Waals surface area contributed by atoms with Crippen LogP contribution in [0.2, 0.25) is 0 Å². The molecule has 0 atom stereocenters. The van der Waals surface area contributed by atoms with Gasteiger partial charge in [-0.2, -0.15) is 0 Å². The van der Waals surface area contributed by atoms with Crippen molar-refractivity contribution < 1.29 is 9.53 Å². The third-order valence-corrected chi connectivity index (χ3v) is 3.78. The number of hydrogen-bond donors (Lipinski definition) is 2. The first-order valence-corrected chi connectivity index (χ1v) is 8.15. The fourth-order valence-corrected chi connectivity index (χ4v) is 2.54. The molecule has 0 bridgehead atoms. The van der Waals surface area contributed by atoms with E-state index < -0.39 is 6.09 Å². The molecule has 2 aromatic rings. The van der Waals surface area contributed by atoms with Crippen LogP contribution in [0.15, 0.2) is 48.7 Å². The van der Waals surface area contributed by atoms with Gasteiger partial charge in [0.25, 0.3) is 0 Å². The highest BCUT2D eigenvalue weighted by Crippen LogP contribution is 2.20. The lowest BCUT2D eigenvalue weighted by molar-refractivity contribution is 0.140. The second kappa shape index (κ2) is 8.15. The van der Waals surface area contributed by atoms with Gasteiger partial charge in [0, 0.05) is 19.3 Å². The Labute approximate surface area is 141 Å². The molecule has 124 valence electrons. The van der Waals surface area contributed by atoms with Crippen LogP contribution in [0.3, 0.4) is 0 Å². The molecule has 1 aromatic heterocycles. The summed E-state index contributed by atoms with van der Waals surface area (Å²) >= 11 is 0. The van der Waals surface area contributed by atoms with Crippen LogP contribution in [-0.2, 0) is 17.8 Å². The summed E-state index contributed by atoms with van der Waals surface area (Å²) in [5.74, 6) is 0.995. The van der Waals surface area contributed by atoms with Gasteiger partial charge in [0.1, 0.15) is 12.4 Å². The maximum Gasteiger partial charge on any atom is 0.407 e. The molecular formula is C19H21N3O2. The molecule has 1 aliphatic heterocycles. The Bertz CT molecular complexity index is 714. The van der Waals surface area contributed by atoms with Crippen LogP contribution in [0.5, 0.6) is 0 Å². The van der Waals surface area contributed by atoms with E-state index in [0.29, 0.717) is 6.54 Å². The molecule has 3 rings (SSSR count). The second-order valence-corrected chi connectivity index (χ2v) is 5.63. The monoisotopic (exact) mass is 323 g/mol. The van der Waals surface area contributed by atoms with Gasteiger partial charge in [0.05, 0.1) is 0 Å². The molecule has 5 heteroatoms. The quantitative estimate of drug-likeness (QED) is 0.800. The Balaban J connectivity index is 1.35. The van der Waals surface area contributed by atoms with Gasteiger partial charge < -0.3 is 15.4 Å². The van der Waals surface area contributed by atoms with E-state index in [1.165, 1.54) is 5.56 Å². The molecule has 24 heavy (non-hydrogen) atoms. The predicted molar refractivity (Wildman–Crippen MR) is 94.7 cm³/mol. The first kappa shape index (κ1) is 16.1. The smallest absolute Gasteiger partial charge is 0.407 e. The normalized spacial score (nSPS) is 12.7. The van der Waals surface area contributed by atoms with E-state index in [2.05, 4.69) is 21.7 Å². The first-order valence-electron chi connectivity index (χ1n) is 8.15. The van der Waals surface area contributed by atoms with Crippen LogP contribution in [-0.4, -0.2) is 24.2 Å². The Morgan fingerprint density at radius 2 is 2.21 bits per heavy atom. The lowest BCUT2D eigenvalue weighted by Crippen LogP contribution is -2.24. The molecule has 2 heterocycles. The highest BCUT2D eigenvalue weighted by Gasteiger charge is 2.10. The summed E-state index contributed by atoms with van der Waals surface area (Å²) in [7, 11) is 0. The van der Waals surface area contributed by atoms with Gasteiger partial charge in [-0.1, -0.05) is 42.5 Å². The van der Waals surface area contributed by atoms with Crippen molar-refractivity contribution in [3.8, 4) is 0 Å². The molecule has 0 radical (unpaired) electrons. The standard InChI is InChI=1S/C19H21N3O2/c23-19(24-14-15-6-2-1-3-7-15)21-10-5-4-8-16-12-17-9-11-20-18(17)22-13-16/h1-4,6-8,12-13H,5,9-11,14H2,(H,20,22)(H,21,23). The maximum atomic E-state index is 11.6. The number of nitrogens with one attached hydrogen (secondary N) is 2. The van der Waals surface area contributed by atoms with Crippen molar-refractivity contribution in [2.75, 3.05) is 18.4 Å². The van der Waals surface area contributed by atoms with E-state index >= 15 is 0 Å². The number of anilines is 1. The average molecular weight is 323 g/mol. The first-order chi connectivity index (χ1) is 11.8. The summed E-state index contributed by atoms with van der Waals surface area (Å²) in [6, 6.07) is 11.8. The molecule has 1 aromatic carbocycles. The van der Waals surface area contributed by atoms with Crippen molar-refractivity contribution in [3.05, 3.63) is 65.4 Å². The molecule has 0 saturated carbocycles. The van der Waals surface area contributed by atoms with Crippen molar-refractivity contribution in [2.24, 2.45) is 0 Å². The van der Waals surface area contributed by atoms with E-state index in [9.17, 15) is 4.79 Å². The van der Waals surface area contributed by atoms with E-state index in [4.69, 9.17) is 4.74 Å². The van der Waals surface area contributed by atoms with Crippen LogP contribution in [0.25, 0.3) is 6.08 Å². The topological polar surface area (TPSA) is 63.2 Å². The van der Waals surface area contributed by atoms with Gasteiger partial charge in [0.15, 0.2) is 0 Å². The minimum Gasteiger partial charge on any atom is -0.445 e. The van der Waals surface area contributed by atoms with Crippen LogP contribution in [0.4, 0.5) is 10.6 Å². The van der Waals surface area contributed by atoms with E-state index in [0.717, 1.165) is 36.3 Å². The third-order valence-electron chi connectivity index (χ3n) is 3.78. The summed E-state index contributed by atoms with van der Waals surface area (Å²) in [6.45, 7) is 1.80. The van der Waals surface area contributed by atoms with Gasteiger partial charge >= 0.3 is 6.09 Å². The fourth-order valence-electron chi connectivity index (χ4n) is 2.54. The molecule has 2 N–H and O–H groups in total. The predicted octanol–water partition coefficient (Wildman–Crippen LogP) is 3.38. The number of carbonyl (C=O) groups excluding carboxylic acids is 1. The molecule has 5 nitrogen and oxygen atoms in total. The Hall–Kier alpha value is -2.82. The SMILES string of the molecule is O=C(NCCC=Cc1cnc2c(c1)CCN2)OCc1ccccc1. The van der Waals surface area contributed by atoms with Crippen LogP contribution in [0.1, 0.15) is 23.1 Å². The summed E-state index contributed by atoms with van der Waals surface area (Å²) in [6.07, 6.45) is 7.30. The summed E-state index contributed by atoms with van der Waals surface area (Å²) in [4.78, 5) is 16.0. The second-order valence-electron chi connectivity index (χ2n) is 5.63. The van der Waals surface area contributed by atoms with Crippen molar-refractivity contribution >= 4 is 18.0 Å². The summed E-state index contributed by atoms with van der Waals surface area (Å²) in [5, 5.41) is 5.99. The molecule has 0 spiro atoms. The highest BCUT2D eigenvalue weighted by molar-refractivity contribution is 5.67. The number of amides is 1. The van der Waals surface area contributed by atoms with E-state index in [1.54, 1.807) is 0 Å². The Morgan fingerprint density at radius 3 is 3.08 bits per heavy atom.